The van der Waals surface area contributed by atoms with Gasteiger partial charge in [-0.3, -0.25) is 4.79 Å². The minimum Gasteiger partial charge on any atom is -0.497 e. The molecule has 24 heavy (non-hydrogen) atoms. The number of hydrazone groups is 1. The molecule has 1 heterocycles. The molecule has 5 nitrogen and oxygen atoms in total. The first-order chi connectivity index (χ1) is 11.6. The van der Waals surface area contributed by atoms with Gasteiger partial charge in [-0.05, 0) is 17.7 Å². The number of hydrogen-bond acceptors (Lipinski definition) is 4. The van der Waals surface area contributed by atoms with Crippen LogP contribution in [-0.2, 0) is 4.79 Å². The molecule has 124 valence electrons. The van der Waals surface area contributed by atoms with E-state index in [0.717, 1.165) is 16.8 Å². The molecule has 0 aliphatic carbocycles. The lowest BCUT2D eigenvalue weighted by Crippen LogP contribution is -2.24. The molecule has 0 bridgehead atoms. The maximum atomic E-state index is 12.1. The van der Waals surface area contributed by atoms with Crippen LogP contribution in [-0.4, -0.2) is 30.8 Å². The quantitative estimate of drug-likeness (QED) is 0.866. The molecule has 0 unspecified atom stereocenters. The zero-order valence-corrected chi connectivity index (χ0v) is 14.0. The Hall–Kier alpha value is -2.82. The third-order valence-electron chi connectivity index (χ3n) is 4.14. The Morgan fingerprint density at radius 1 is 1.12 bits per heavy atom. The standard InChI is InChI=1S/C19H20N2O3/c1-13(22)21-18(12-17(20-21)14-7-5-4-6-8-14)16-10-9-15(23-2)11-19(16)24-3/h4-11,18H,12H2,1-3H3/t18-/m1/s1. The second kappa shape index (κ2) is 6.74. The van der Waals surface area contributed by atoms with Gasteiger partial charge in [-0.2, -0.15) is 5.10 Å². The van der Waals surface area contributed by atoms with E-state index in [2.05, 4.69) is 5.10 Å². The predicted molar refractivity (Wildman–Crippen MR) is 92.4 cm³/mol. The van der Waals surface area contributed by atoms with E-state index in [1.807, 2.05) is 48.5 Å². The Kier molecular flexibility index (Phi) is 4.51. The second-order valence-corrected chi connectivity index (χ2v) is 5.60. The maximum Gasteiger partial charge on any atom is 0.240 e. The predicted octanol–water partition coefficient (Wildman–Crippen LogP) is 3.40. The van der Waals surface area contributed by atoms with Crippen LogP contribution in [0.3, 0.4) is 0 Å². The van der Waals surface area contributed by atoms with Crippen LogP contribution in [0.4, 0.5) is 0 Å². The molecule has 0 radical (unpaired) electrons. The summed E-state index contributed by atoms with van der Waals surface area (Å²) in [6.45, 7) is 1.53. The Bertz CT molecular complexity index is 771. The van der Waals surface area contributed by atoms with Crippen molar-refractivity contribution in [2.75, 3.05) is 14.2 Å². The lowest BCUT2D eigenvalue weighted by Gasteiger charge is -2.22. The van der Waals surface area contributed by atoms with Gasteiger partial charge in [-0.15, -0.1) is 0 Å². The van der Waals surface area contributed by atoms with Crippen LogP contribution in [0.15, 0.2) is 53.6 Å². The Morgan fingerprint density at radius 3 is 2.50 bits per heavy atom. The van der Waals surface area contributed by atoms with E-state index in [1.54, 1.807) is 14.2 Å². The van der Waals surface area contributed by atoms with E-state index < -0.39 is 0 Å². The fourth-order valence-corrected chi connectivity index (χ4v) is 2.94. The van der Waals surface area contributed by atoms with Crippen LogP contribution < -0.4 is 9.47 Å². The molecule has 1 aliphatic rings. The number of carbonyl (C=O) groups is 1. The van der Waals surface area contributed by atoms with Gasteiger partial charge in [0, 0.05) is 25.0 Å². The molecule has 2 aromatic rings. The van der Waals surface area contributed by atoms with E-state index in [1.165, 1.54) is 11.9 Å². The average molecular weight is 324 g/mol. The molecule has 0 saturated carbocycles. The lowest BCUT2D eigenvalue weighted by atomic mass is 9.97. The molecule has 0 fully saturated rings. The van der Waals surface area contributed by atoms with Gasteiger partial charge in [0.25, 0.3) is 0 Å². The minimum atomic E-state index is -0.182. The highest BCUT2D eigenvalue weighted by molar-refractivity contribution is 6.03. The normalized spacial score (nSPS) is 16.7. The molecule has 2 aromatic carbocycles. The van der Waals surface area contributed by atoms with E-state index in [4.69, 9.17) is 9.47 Å². The van der Waals surface area contributed by atoms with Gasteiger partial charge in [0.1, 0.15) is 11.5 Å². The molecular weight excluding hydrogens is 304 g/mol. The third kappa shape index (κ3) is 2.97. The Balaban J connectivity index is 1.98. The van der Waals surface area contributed by atoms with Gasteiger partial charge in [-0.25, -0.2) is 5.01 Å². The second-order valence-electron chi connectivity index (χ2n) is 5.60. The van der Waals surface area contributed by atoms with Crippen molar-refractivity contribution >= 4 is 11.6 Å². The van der Waals surface area contributed by atoms with Crippen LogP contribution in [0.1, 0.15) is 30.5 Å². The number of carbonyl (C=O) groups excluding carboxylic acids is 1. The molecule has 5 heteroatoms. The third-order valence-corrected chi connectivity index (χ3v) is 4.14. The summed E-state index contributed by atoms with van der Waals surface area (Å²) in [6.07, 6.45) is 0.645. The first-order valence-electron chi connectivity index (χ1n) is 7.78. The van der Waals surface area contributed by atoms with E-state index in [0.29, 0.717) is 17.9 Å². The number of ether oxygens (including phenoxy) is 2. The monoisotopic (exact) mass is 324 g/mol. The average Bonchev–Trinajstić information content (AvgIpc) is 3.07. The van der Waals surface area contributed by atoms with Gasteiger partial charge in [-0.1, -0.05) is 30.3 Å². The molecule has 0 spiro atoms. The summed E-state index contributed by atoms with van der Waals surface area (Å²) in [6, 6.07) is 15.4. The van der Waals surface area contributed by atoms with Gasteiger partial charge in [0.15, 0.2) is 0 Å². The summed E-state index contributed by atoms with van der Waals surface area (Å²) >= 11 is 0. The van der Waals surface area contributed by atoms with Gasteiger partial charge >= 0.3 is 0 Å². The number of nitrogens with zero attached hydrogens (tertiary/aromatic N) is 2. The summed E-state index contributed by atoms with van der Waals surface area (Å²) in [5.74, 6) is 1.31. The van der Waals surface area contributed by atoms with Crippen molar-refractivity contribution in [3.63, 3.8) is 0 Å². The molecule has 0 saturated heterocycles. The molecular formula is C19H20N2O3. The van der Waals surface area contributed by atoms with Crippen LogP contribution in [0.2, 0.25) is 0 Å². The summed E-state index contributed by atoms with van der Waals surface area (Å²) in [7, 11) is 3.23. The minimum absolute atomic E-state index is 0.0937. The van der Waals surface area contributed by atoms with Crippen LogP contribution in [0.5, 0.6) is 11.5 Å². The molecule has 1 amide bonds. The van der Waals surface area contributed by atoms with E-state index in [9.17, 15) is 4.79 Å². The van der Waals surface area contributed by atoms with Crippen molar-refractivity contribution in [1.29, 1.82) is 0 Å². The molecule has 1 aliphatic heterocycles. The molecule has 0 N–H and O–H groups in total. The van der Waals surface area contributed by atoms with E-state index in [-0.39, 0.29) is 11.9 Å². The Morgan fingerprint density at radius 2 is 1.88 bits per heavy atom. The van der Waals surface area contributed by atoms with Crippen LogP contribution in [0, 0.1) is 0 Å². The van der Waals surface area contributed by atoms with Crippen molar-refractivity contribution < 1.29 is 14.3 Å². The SMILES string of the molecule is COc1ccc([C@H]2CC(c3ccccc3)=NN2C(C)=O)c(OC)c1. The number of rotatable bonds is 4. The summed E-state index contributed by atoms with van der Waals surface area (Å²) in [4.78, 5) is 12.1. The van der Waals surface area contributed by atoms with Crippen molar-refractivity contribution in [2.45, 2.75) is 19.4 Å². The van der Waals surface area contributed by atoms with E-state index >= 15 is 0 Å². The highest BCUT2D eigenvalue weighted by Gasteiger charge is 2.33. The Labute approximate surface area is 141 Å². The van der Waals surface area contributed by atoms with Gasteiger partial charge in [0.05, 0.1) is 26.0 Å². The van der Waals surface area contributed by atoms with Crippen LogP contribution >= 0.6 is 0 Å². The highest BCUT2D eigenvalue weighted by Crippen LogP contribution is 2.38. The largest absolute Gasteiger partial charge is 0.497 e. The summed E-state index contributed by atoms with van der Waals surface area (Å²) < 4.78 is 10.8. The van der Waals surface area contributed by atoms with Crippen LogP contribution in [0.25, 0.3) is 0 Å². The zero-order valence-electron chi connectivity index (χ0n) is 14.0. The summed E-state index contributed by atoms with van der Waals surface area (Å²) in [5, 5.41) is 6.08. The zero-order chi connectivity index (χ0) is 17.1. The maximum absolute atomic E-state index is 12.1. The van der Waals surface area contributed by atoms with Gasteiger partial charge in [0.2, 0.25) is 5.91 Å². The number of hydrogen-bond donors (Lipinski definition) is 0. The lowest BCUT2D eigenvalue weighted by molar-refractivity contribution is -0.130. The van der Waals surface area contributed by atoms with Crippen molar-refractivity contribution in [2.24, 2.45) is 5.10 Å². The van der Waals surface area contributed by atoms with Crippen molar-refractivity contribution in [1.82, 2.24) is 5.01 Å². The molecule has 3 rings (SSSR count). The topological polar surface area (TPSA) is 51.1 Å². The number of benzene rings is 2. The highest BCUT2D eigenvalue weighted by atomic mass is 16.5. The number of methoxy groups -OCH3 is 2. The van der Waals surface area contributed by atoms with Gasteiger partial charge < -0.3 is 9.47 Å². The number of amides is 1. The smallest absolute Gasteiger partial charge is 0.240 e. The first kappa shape index (κ1) is 16.1. The fourth-order valence-electron chi connectivity index (χ4n) is 2.94. The fraction of sp³-hybridized carbons (Fsp3) is 0.263. The van der Waals surface area contributed by atoms with Crippen molar-refractivity contribution in [3.05, 3.63) is 59.7 Å². The van der Waals surface area contributed by atoms with Crippen molar-refractivity contribution in [3.8, 4) is 11.5 Å². The molecule has 1 atom stereocenters. The molecule has 0 aromatic heterocycles. The summed E-state index contributed by atoms with van der Waals surface area (Å²) in [5.41, 5.74) is 2.84. The first-order valence-corrected chi connectivity index (χ1v) is 7.78.